The Morgan fingerprint density at radius 2 is 1.91 bits per heavy atom. The first-order valence-electron chi connectivity index (χ1n) is 7.52. The second kappa shape index (κ2) is 9.70. The van der Waals surface area contributed by atoms with Crippen LogP contribution in [-0.2, 0) is 6.54 Å². The molecule has 0 radical (unpaired) electrons. The van der Waals surface area contributed by atoms with E-state index in [1.54, 1.807) is 7.05 Å². The number of hydrogen-bond acceptors (Lipinski definition) is 2. The maximum absolute atomic E-state index is 10.9. The predicted molar refractivity (Wildman–Crippen MR) is 93.9 cm³/mol. The van der Waals surface area contributed by atoms with Crippen LogP contribution in [0.25, 0.3) is 0 Å². The Morgan fingerprint density at radius 1 is 1.27 bits per heavy atom. The van der Waals surface area contributed by atoms with E-state index in [4.69, 9.17) is 5.11 Å². The van der Waals surface area contributed by atoms with Crippen LogP contribution >= 0.6 is 12.4 Å². The molecule has 0 aliphatic heterocycles. The first kappa shape index (κ1) is 20.7. The fraction of sp³-hybridized carbons (Fsp3) is 0.588. The molecule has 1 aromatic carbocycles. The summed E-state index contributed by atoms with van der Waals surface area (Å²) in [5.41, 5.74) is 2.36. The third kappa shape index (κ3) is 6.24. The molecule has 0 aliphatic rings. The summed E-state index contributed by atoms with van der Waals surface area (Å²) < 4.78 is 0. The van der Waals surface area contributed by atoms with Crippen LogP contribution in [0.15, 0.2) is 24.3 Å². The van der Waals surface area contributed by atoms with Crippen LogP contribution in [0.1, 0.15) is 37.3 Å². The summed E-state index contributed by atoms with van der Waals surface area (Å²) in [4.78, 5) is 14.5. The predicted octanol–water partition coefficient (Wildman–Crippen LogP) is 3.91. The zero-order chi connectivity index (χ0) is 16.0. The standard InChI is InChI=1S/C17H28N2O2.ClH/c1-6-16(13(2)11-18(3)4)15-9-7-8-14(10-15)12-19(5)17(20)21;/h7-10,13,16H,6,11-12H2,1-5H3,(H,20,21);1H/t13-,16+;/m0./s1. The Labute approximate surface area is 140 Å². The second-order valence-electron chi connectivity index (χ2n) is 6.14. The summed E-state index contributed by atoms with van der Waals surface area (Å²) in [6, 6.07) is 8.34. The molecule has 4 nitrogen and oxygen atoms in total. The summed E-state index contributed by atoms with van der Waals surface area (Å²) in [6.07, 6.45) is 0.196. The lowest BCUT2D eigenvalue weighted by Crippen LogP contribution is -2.25. The maximum atomic E-state index is 10.9. The largest absolute Gasteiger partial charge is 0.465 e. The monoisotopic (exact) mass is 328 g/mol. The molecule has 2 atom stereocenters. The number of nitrogens with zero attached hydrogens (tertiary/aromatic N) is 2. The second-order valence-corrected chi connectivity index (χ2v) is 6.14. The van der Waals surface area contributed by atoms with Crippen molar-refractivity contribution in [3.05, 3.63) is 35.4 Å². The normalized spacial score (nSPS) is 13.4. The summed E-state index contributed by atoms with van der Waals surface area (Å²) in [6.45, 7) is 5.98. The van der Waals surface area contributed by atoms with Crippen LogP contribution in [0, 0.1) is 5.92 Å². The molecule has 1 amide bonds. The molecular formula is C17H29ClN2O2. The van der Waals surface area contributed by atoms with E-state index in [9.17, 15) is 4.79 Å². The summed E-state index contributed by atoms with van der Waals surface area (Å²) in [5.74, 6) is 1.07. The van der Waals surface area contributed by atoms with Crippen LogP contribution in [-0.4, -0.2) is 48.7 Å². The van der Waals surface area contributed by atoms with Crippen LogP contribution < -0.4 is 0 Å². The Morgan fingerprint density at radius 3 is 2.41 bits per heavy atom. The highest BCUT2D eigenvalue weighted by Crippen LogP contribution is 2.29. The summed E-state index contributed by atoms with van der Waals surface area (Å²) >= 11 is 0. The van der Waals surface area contributed by atoms with Gasteiger partial charge >= 0.3 is 6.09 Å². The molecule has 0 saturated heterocycles. The van der Waals surface area contributed by atoms with E-state index in [-0.39, 0.29) is 12.4 Å². The third-order valence-corrected chi connectivity index (χ3v) is 3.91. The molecule has 0 aliphatic carbocycles. The van der Waals surface area contributed by atoms with Gasteiger partial charge in [0.15, 0.2) is 0 Å². The van der Waals surface area contributed by atoms with Gasteiger partial charge < -0.3 is 14.9 Å². The van der Waals surface area contributed by atoms with Gasteiger partial charge in [0.05, 0.1) is 0 Å². The van der Waals surface area contributed by atoms with E-state index < -0.39 is 6.09 Å². The number of carbonyl (C=O) groups is 1. The summed E-state index contributed by atoms with van der Waals surface area (Å²) in [5, 5.41) is 8.98. The van der Waals surface area contributed by atoms with E-state index in [2.05, 4.69) is 45.0 Å². The number of amides is 1. The number of rotatable bonds is 7. The minimum atomic E-state index is -0.895. The highest BCUT2D eigenvalue weighted by Gasteiger charge is 2.18. The lowest BCUT2D eigenvalue weighted by Gasteiger charge is -2.26. The molecule has 5 heteroatoms. The molecule has 22 heavy (non-hydrogen) atoms. The van der Waals surface area contributed by atoms with E-state index in [1.807, 2.05) is 12.1 Å². The lowest BCUT2D eigenvalue weighted by atomic mass is 9.84. The molecule has 0 bridgehead atoms. The van der Waals surface area contributed by atoms with Gasteiger partial charge in [-0.25, -0.2) is 4.79 Å². The fourth-order valence-corrected chi connectivity index (χ4v) is 2.93. The molecular weight excluding hydrogens is 300 g/mol. The first-order valence-corrected chi connectivity index (χ1v) is 7.52. The molecule has 0 spiro atoms. The molecule has 0 aromatic heterocycles. The maximum Gasteiger partial charge on any atom is 0.407 e. The Bertz CT molecular complexity index is 466. The van der Waals surface area contributed by atoms with E-state index >= 15 is 0 Å². The zero-order valence-electron chi connectivity index (χ0n) is 14.2. The van der Waals surface area contributed by atoms with Crippen molar-refractivity contribution in [1.29, 1.82) is 0 Å². The van der Waals surface area contributed by atoms with Gasteiger partial charge in [-0.3, -0.25) is 0 Å². The highest BCUT2D eigenvalue weighted by molar-refractivity contribution is 5.85. The quantitative estimate of drug-likeness (QED) is 0.825. The van der Waals surface area contributed by atoms with Crippen molar-refractivity contribution < 1.29 is 9.90 Å². The fourth-order valence-electron chi connectivity index (χ4n) is 2.93. The van der Waals surface area contributed by atoms with Gasteiger partial charge in [0.2, 0.25) is 0 Å². The molecule has 126 valence electrons. The number of carboxylic acid groups (broad SMARTS) is 1. The minimum absolute atomic E-state index is 0. The zero-order valence-corrected chi connectivity index (χ0v) is 15.1. The Balaban J connectivity index is 0.00000441. The van der Waals surface area contributed by atoms with Crippen molar-refractivity contribution in [1.82, 2.24) is 9.80 Å². The van der Waals surface area contributed by atoms with Gasteiger partial charge in [0.25, 0.3) is 0 Å². The molecule has 0 heterocycles. The molecule has 0 saturated carbocycles. The van der Waals surface area contributed by atoms with Gasteiger partial charge in [-0.2, -0.15) is 0 Å². The van der Waals surface area contributed by atoms with Crippen LogP contribution in [0.2, 0.25) is 0 Å². The minimum Gasteiger partial charge on any atom is -0.465 e. The van der Waals surface area contributed by atoms with Crippen molar-refractivity contribution >= 4 is 18.5 Å². The van der Waals surface area contributed by atoms with Crippen molar-refractivity contribution in [2.24, 2.45) is 5.92 Å². The summed E-state index contributed by atoms with van der Waals surface area (Å²) in [7, 11) is 5.80. The van der Waals surface area contributed by atoms with Crippen molar-refractivity contribution in [3.8, 4) is 0 Å². The number of hydrogen-bond donors (Lipinski definition) is 1. The van der Waals surface area contributed by atoms with Crippen LogP contribution in [0.3, 0.4) is 0 Å². The van der Waals surface area contributed by atoms with E-state index in [1.165, 1.54) is 10.5 Å². The van der Waals surface area contributed by atoms with Gasteiger partial charge in [-0.05, 0) is 43.5 Å². The molecule has 1 aromatic rings. The van der Waals surface area contributed by atoms with Crippen molar-refractivity contribution in [2.45, 2.75) is 32.7 Å². The smallest absolute Gasteiger partial charge is 0.407 e. The molecule has 0 unspecified atom stereocenters. The topological polar surface area (TPSA) is 43.8 Å². The lowest BCUT2D eigenvalue weighted by molar-refractivity contribution is 0.153. The first-order chi connectivity index (χ1) is 9.85. The van der Waals surface area contributed by atoms with Crippen LogP contribution in [0.5, 0.6) is 0 Å². The SMILES string of the molecule is CC[C@@H](c1cccc(CN(C)C(=O)O)c1)[C@@H](C)CN(C)C.Cl. The van der Waals surface area contributed by atoms with E-state index in [0.29, 0.717) is 18.4 Å². The van der Waals surface area contributed by atoms with Crippen molar-refractivity contribution in [2.75, 3.05) is 27.7 Å². The van der Waals surface area contributed by atoms with Gasteiger partial charge in [-0.1, -0.05) is 38.1 Å². The van der Waals surface area contributed by atoms with Gasteiger partial charge in [0.1, 0.15) is 0 Å². The highest BCUT2D eigenvalue weighted by atomic mass is 35.5. The Hall–Kier alpha value is -1.26. The van der Waals surface area contributed by atoms with Crippen LogP contribution in [0.4, 0.5) is 4.79 Å². The average molecular weight is 329 g/mol. The average Bonchev–Trinajstić information content (AvgIpc) is 2.38. The Kier molecular flexibility index (Phi) is 9.14. The number of benzene rings is 1. The van der Waals surface area contributed by atoms with Gasteiger partial charge in [-0.15, -0.1) is 12.4 Å². The third-order valence-electron chi connectivity index (χ3n) is 3.91. The van der Waals surface area contributed by atoms with E-state index in [0.717, 1.165) is 18.5 Å². The van der Waals surface area contributed by atoms with Crippen molar-refractivity contribution in [3.63, 3.8) is 0 Å². The molecule has 0 fully saturated rings. The van der Waals surface area contributed by atoms with Gasteiger partial charge in [0, 0.05) is 20.1 Å². The molecule has 1 N–H and O–H groups in total. The molecule has 1 rings (SSSR count). The number of halogens is 1.